The molecule has 6 nitrogen and oxygen atoms in total. The molecule has 0 saturated carbocycles. The molecule has 0 aliphatic heterocycles. The Morgan fingerprint density at radius 2 is 2.10 bits per heavy atom. The molecule has 166 valence electrons. The van der Waals surface area contributed by atoms with Gasteiger partial charge in [0, 0.05) is 36.9 Å². The van der Waals surface area contributed by atoms with Gasteiger partial charge in [-0.1, -0.05) is 18.7 Å². The summed E-state index contributed by atoms with van der Waals surface area (Å²) in [5.41, 5.74) is 0.0101. The van der Waals surface area contributed by atoms with Crippen molar-refractivity contribution in [3.8, 4) is 0 Å². The Hall–Kier alpha value is -2.30. The number of hydrogen-bond donors (Lipinski definition) is 1. The van der Waals surface area contributed by atoms with Crippen molar-refractivity contribution in [1.82, 2.24) is 9.55 Å². The Morgan fingerprint density at radius 3 is 2.77 bits per heavy atom. The van der Waals surface area contributed by atoms with Crippen LogP contribution in [0, 0.1) is 11.6 Å². The molecule has 0 aliphatic carbocycles. The van der Waals surface area contributed by atoms with Gasteiger partial charge in [0.1, 0.15) is 4.83 Å². The second kappa shape index (κ2) is 10.3. The highest BCUT2D eigenvalue weighted by molar-refractivity contribution is 8.00. The van der Waals surface area contributed by atoms with Gasteiger partial charge < -0.3 is 10.1 Å². The molecule has 10 heteroatoms. The molecule has 0 saturated heterocycles. The third-order valence-electron chi connectivity index (χ3n) is 4.58. The van der Waals surface area contributed by atoms with Crippen LogP contribution in [0.1, 0.15) is 25.1 Å². The van der Waals surface area contributed by atoms with Crippen molar-refractivity contribution in [2.24, 2.45) is 0 Å². The fourth-order valence-electron chi connectivity index (χ4n) is 2.90. The lowest BCUT2D eigenvalue weighted by Crippen LogP contribution is -2.27. The maximum absolute atomic E-state index is 13.4. The van der Waals surface area contributed by atoms with Crippen LogP contribution in [0.4, 0.5) is 14.5 Å². The third kappa shape index (κ3) is 5.50. The molecule has 2 aromatic heterocycles. The van der Waals surface area contributed by atoms with Gasteiger partial charge in [-0.05, 0) is 38.0 Å². The van der Waals surface area contributed by atoms with E-state index in [9.17, 15) is 18.4 Å². The first-order valence-electron chi connectivity index (χ1n) is 9.78. The number of ether oxygens (including phenoxy) is 1. The summed E-state index contributed by atoms with van der Waals surface area (Å²) in [6, 6.07) is 5.04. The molecule has 1 atom stereocenters. The number of aryl methyl sites for hydroxylation is 1. The largest absolute Gasteiger partial charge is 0.385 e. The quantitative estimate of drug-likeness (QED) is 0.286. The number of benzene rings is 1. The highest BCUT2D eigenvalue weighted by atomic mass is 32.2. The lowest BCUT2D eigenvalue weighted by Gasteiger charge is -2.15. The van der Waals surface area contributed by atoms with Gasteiger partial charge in [-0.15, -0.1) is 11.3 Å². The normalized spacial score (nSPS) is 12.3. The van der Waals surface area contributed by atoms with Crippen molar-refractivity contribution in [2.75, 3.05) is 19.0 Å². The molecule has 0 unspecified atom stereocenters. The molecular formula is C21H23F2N3O3S2. The number of aromatic nitrogens is 2. The molecule has 0 aliphatic rings. The molecule has 2 heterocycles. The van der Waals surface area contributed by atoms with Crippen LogP contribution < -0.4 is 10.9 Å². The van der Waals surface area contributed by atoms with Crippen molar-refractivity contribution >= 4 is 44.9 Å². The highest BCUT2D eigenvalue weighted by Gasteiger charge is 2.21. The van der Waals surface area contributed by atoms with E-state index in [-0.39, 0.29) is 11.2 Å². The predicted octanol–water partition coefficient (Wildman–Crippen LogP) is 4.45. The Morgan fingerprint density at radius 1 is 1.32 bits per heavy atom. The summed E-state index contributed by atoms with van der Waals surface area (Å²) in [6.07, 6.45) is 1.43. The van der Waals surface area contributed by atoms with Crippen LogP contribution in [-0.4, -0.2) is 34.4 Å². The van der Waals surface area contributed by atoms with E-state index in [1.165, 1.54) is 17.4 Å². The van der Waals surface area contributed by atoms with E-state index in [1.807, 2.05) is 13.0 Å². The molecule has 0 bridgehead atoms. The zero-order chi connectivity index (χ0) is 22.5. The number of amides is 1. The van der Waals surface area contributed by atoms with E-state index >= 15 is 0 Å². The molecule has 0 radical (unpaired) electrons. The summed E-state index contributed by atoms with van der Waals surface area (Å²) in [4.78, 5) is 32.0. The number of nitrogens with one attached hydrogen (secondary N) is 1. The number of anilines is 1. The Bertz CT molecular complexity index is 1150. The summed E-state index contributed by atoms with van der Waals surface area (Å²) >= 11 is 2.61. The monoisotopic (exact) mass is 467 g/mol. The maximum atomic E-state index is 13.4. The van der Waals surface area contributed by atoms with Gasteiger partial charge in [0.15, 0.2) is 16.8 Å². The van der Waals surface area contributed by atoms with Gasteiger partial charge in [0.2, 0.25) is 5.91 Å². The molecule has 3 rings (SSSR count). The van der Waals surface area contributed by atoms with E-state index in [0.29, 0.717) is 34.9 Å². The first-order chi connectivity index (χ1) is 14.8. The van der Waals surface area contributed by atoms with E-state index < -0.39 is 22.8 Å². The lowest BCUT2D eigenvalue weighted by atomic mass is 10.3. The number of thioether (sulfide) groups is 1. The summed E-state index contributed by atoms with van der Waals surface area (Å²) in [6.45, 7) is 4.58. The molecule has 1 amide bonds. The summed E-state index contributed by atoms with van der Waals surface area (Å²) < 4.78 is 33.2. The molecule has 3 aromatic rings. The standard InChI is InChI=1S/C21H23F2N3O3S2/c1-4-14-11-15-19(31-14)25-21(26(20(15)28)8-5-9-29-3)30-12(2)18(27)24-13-6-7-16(22)17(23)10-13/h6-7,10-12H,4-5,8-9H2,1-3H3,(H,24,27)/t12-/m0/s1. The minimum absolute atomic E-state index is 0.146. The van der Waals surface area contributed by atoms with Crippen molar-refractivity contribution in [1.29, 1.82) is 0 Å². The number of carbonyl (C=O) groups is 1. The fraction of sp³-hybridized carbons (Fsp3) is 0.381. The second-order valence-electron chi connectivity index (χ2n) is 6.86. The van der Waals surface area contributed by atoms with Crippen molar-refractivity contribution < 1.29 is 18.3 Å². The average Bonchev–Trinajstić information content (AvgIpc) is 3.16. The van der Waals surface area contributed by atoms with Gasteiger partial charge >= 0.3 is 0 Å². The van der Waals surface area contributed by atoms with E-state index in [4.69, 9.17) is 4.74 Å². The zero-order valence-corrected chi connectivity index (χ0v) is 19.0. The number of fused-ring (bicyclic) bond motifs is 1. The molecule has 0 spiro atoms. The van der Waals surface area contributed by atoms with Crippen LogP contribution >= 0.6 is 23.1 Å². The van der Waals surface area contributed by atoms with Gasteiger partial charge in [-0.25, -0.2) is 13.8 Å². The second-order valence-corrected chi connectivity index (χ2v) is 9.28. The van der Waals surface area contributed by atoms with Crippen LogP contribution in [0.25, 0.3) is 10.2 Å². The van der Waals surface area contributed by atoms with Gasteiger partial charge in [0.05, 0.1) is 10.6 Å². The topological polar surface area (TPSA) is 73.2 Å². The van der Waals surface area contributed by atoms with Crippen molar-refractivity contribution in [2.45, 2.75) is 43.6 Å². The smallest absolute Gasteiger partial charge is 0.262 e. The minimum atomic E-state index is -1.04. The number of rotatable bonds is 9. The first-order valence-corrected chi connectivity index (χ1v) is 11.5. The van der Waals surface area contributed by atoms with Crippen molar-refractivity contribution in [3.05, 3.63) is 51.1 Å². The van der Waals surface area contributed by atoms with E-state index in [0.717, 1.165) is 35.2 Å². The number of halogens is 2. The molecule has 1 aromatic carbocycles. The molecule has 0 fully saturated rings. The van der Waals surface area contributed by atoms with Crippen LogP contribution in [0.5, 0.6) is 0 Å². The van der Waals surface area contributed by atoms with Crippen molar-refractivity contribution in [3.63, 3.8) is 0 Å². The predicted molar refractivity (Wildman–Crippen MR) is 120 cm³/mol. The molecule has 1 N–H and O–H groups in total. The summed E-state index contributed by atoms with van der Waals surface area (Å²) in [7, 11) is 1.59. The van der Waals surface area contributed by atoms with Crippen LogP contribution in [-0.2, 0) is 22.5 Å². The number of methoxy groups -OCH3 is 1. The number of thiophene rings is 1. The Kier molecular flexibility index (Phi) is 7.79. The van der Waals surface area contributed by atoms with E-state index in [1.54, 1.807) is 18.6 Å². The van der Waals surface area contributed by atoms with Gasteiger partial charge in [-0.3, -0.25) is 14.2 Å². The number of nitrogens with zero attached hydrogens (tertiary/aromatic N) is 2. The minimum Gasteiger partial charge on any atom is -0.385 e. The van der Waals surface area contributed by atoms with E-state index in [2.05, 4.69) is 10.3 Å². The molecular weight excluding hydrogens is 444 g/mol. The number of carbonyl (C=O) groups excluding carboxylic acids is 1. The third-order valence-corrected chi connectivity index (χ3v) is 6.85. The first kappa shape index (κ1) is 23.4. The summed E-state index contributed by atoms with van der Waals surface area (Å²) in [5, 5.41) is 2.95. The Balaban J connectivity index is 1.86. The average molecular weight is 468 g/mol. The highest BCUT2D eigenvalue weighted by Crippen LogP contribution is 2.28. The van der Waals surface area contributed by atoms with Crippen LogP contribution in [0.2, 0.25) is 0 Å². The fourth-order valence-corrected chi connectivity index (χ4v) is 4.85. The van der Waals surface area contributed by atoms with Gasteiger partial charge in [-0.2, -0.15) is 0 Å². The van der Waals surface area contributed by atoms with Gasteiger partial charge in [0.25, 0.3) is 5.56 Å². The SMILES string of the molecule is CCc1cc2c(=O)n(CCCOC)c(S[C@@H](C)C(=O)Nc3ccc(F)c(F)c3)nc2s1. The zero-order valence-electron chi connectivity index (χ0n) is 17.4. The van der Waals surface area contributed by atoms with Crippen LogP contribution in [0.15, 0.2) is 34.2 Å². The maximum Gasteiger partial charge on any atom is 0.262 e. The van der Waals surface area contributed by atoms with Crippen LogP contribution in [0.3, 0.4) is 0 Å². The summed E-state index contributed by atoms with van der Waals surface area (Å²) in [5.74, 6) is -2.43. The Labute approximate surface area is 186 Å². The lowest BCUT2D eigenvalue weighted by molar-refractivity contribution is -0.115. The molecule has 31 heavy (non-hydrogen) atoms. The number of hydrogen-bond acceptors (Lipinski definition) is 6.